The molecule has 1 unspecified atom stereocenters. The number of imide groups is 1. The van der Waals surface area contributed by atoms with E-state index in [1.807, 2.05) is 5.32 Å². The van der Waals surface area contributed by atoms with Crippen LogP contribution in [0.4, 0.5) is 4.79 Å². The topological polar surface area (TPSA) is 64.6 Å². The number of carbonyl (C=O) groups excluding carboxylic acids is 2. The quantitative estimate of drug-likeness (QED) is 0.710. The summed E-state index contributed by atoms with van der Waals surface area (Å²) in [6.45, 7) is 5.82. The Kier molecular flexibility index (Phi) is 4.30. The van der Waals surface area contributed by atoms with Crippen molar-refractivity contribution in [2.24, 2.45) is 0 Å². The third kappa shape index (κ3) is 4.12. The third-order valence-corrected chi connectivity index (χ3v) is 2.03. The van der Waals surface area contributed by atoms with Crippen LogP contribution in [0.15, 0.2) is 12.2 Å². The standard InChI is InChI=1S/C10H15NO4/c1-7(2)9(12)11-10(13)15-6-8-4-3-5-14-8/h8H,1,3-6H2,2H3,(H,11,12,13). The minimum atomic E-state index is -0.751. The summed E-state index contributed by atoms with van der Waals surface area (Å²) in [5, 5.41) is 2.05. The van der Waals surface area contributed by atoms with Crippen LogP contribution in [0.5, 0.6) is 0 Å². The number of rotatable bonds is 3. The third-order valence-electron chi connectivity index (χ3n) is 2.03. The summed E-state index contributed by atoms with van der Waals surface area (Å²) < 4.78 is 10.1. The maximum absolute atomic E-state index is 11.1. The van der Waals surface area contributed by atoms with Crippen molar-refractivity contribution in [1.82, 2.24) is 5.32 Å². The van der Waals surface area contributed by atoms with E-state index in [1.165, 1.54) is 6.92 Å². The van der Waals surface area contributed by atoms with Gasteiger partial charge in [0, 0.05) is 12.2 Å². The summed E-state index contributed by atoms with van der Waals surface area (Å²) in [5.41, 5.74) is 0.268. The molecule has 1 N–H and O–H groups in total. The molecule has 15 heavy (non-hydrogen) atoms. The molecule has 1 rings (SSSR count). The van der Waals surface area contributed by atoms with Gasteiger partial charge in [0.05, 0.1) is 6.10 Å². The van der Waals surface area contributed by atoms with E-state index in [4.69, 9.17) is 9.47 Å². The average molecular weight is 213 g/mol. The highest BCUT2D eigenvalue weighted by Crippen LogP contribution is 2.11. The van der Waals surface area contributed by atoms with Crippen molar-refractivity contribution in [2.75, 3.05) is 13.2 Å². The molecule has 1 heterocycles. The van der Waals surface area contributed by atoms with Gasteiger partial charge in [0.2, 0.25) is 0 Å². The lowest BCUT2D eigenvalue weighted by Gasteiger charge is -2.10. The summed E-state index contributed by atoms with van der Waals surface area (Å²) >= 11 is 0. The summed E-state index contributed by atoms with van der Waals surface area (Å²) in [5.74, 6) is -0.521. The molecule has 0 aromatic heterocycles. The molecule has 0 aromatic rings. The fourth-order valence-corrected chi connectivity index (χ4v) is 1.18. The highest BCUT2D eigenvalue weighted by molar-refractivity contribution is 6.01. The highest BCUT2D eigenvalue weighted by Gasteiger charge is 2.18. The molecule has 1 atom stereocenters. The van der Waals surface area contributed by atoms with Crippen molar-refractivity contribution >= 4 is 12.0 Å². The van der Waals surface area contributed by atoms with Crippen LogP contribution in [-0.2, 0) is 14.3 Å². The Balaban J connectivity index is 2.18. The molecule has 0 aliphatic carbocycles. The minimum Gasteiger partial charge on any atom is -0.446 e. The van der Waals surface area contributed by atoms with Gasteiger partial charge in [-0.2, -0.15) is 0 Å². The Morgan fingerprint density at radius 1 is 1.60 bits per heavy atom. The van der Waals surface area contributed by atoms with Gasteiger partial charge in [-0.25, -0.2) is 4.79 Å². The zero-order valence-electron chi connectivity index (χ0n) is 8.75. The zero-order valence-corrected chi connectivity index (χ0v) is 8.75. The molecule has 2 amide bonds. The molecular weight excluding hydrogens is 198 g/mol. The van der Waals surface area contributed by atoms with E-state index < -0.39 is 12.0 Å². The number of ether oxygens (including phenoxy) is 2. The van der Waals surface area contributed by atoms with Crippen molar-refractivity contribution in [3.8, 4) is 0 Å². The van der Waals surface area contributed by atoms with Crippen LogP contribution in [-0.4, -0.2) is 31.3 Å². The van der Waals surface area contributed by atoms with E-state index in [9.17, 15) is 9.59 Å². The molecule has 0 saturated carbocycles. The molecule has 5 heteroatoms. The molecule has 0 radical (unpaired) electrons. The first-order valence-electron chi connectivity index (χ1n) is 4.85. The van der Waals surface area contributed by atoms with Crippen molar-refractivity contribution < 1.29 is 19.1 Å². The highest BCUT2D eigenvalue weighted by atomic mass is 16.6. The van der Waals surface area contributed by atoms with E-state index in [0.717, 1.165) is 12.8 Å². The first-order chi connectivity index (χ1) is 7.09. The Morgan fingerprint density at radius 2 is 2.33 bits per heavy atom. The molecule has 1 saturated heterocycles. The van der Waals surface area contributed by atoms with Crippen molar-refractivity contribution in [2.45, 2.75) is 25.9 Å². The first-order valence-corrected chi connectivity index (χ1v) is 4.85. The lowest BCUT2D eigenvalue weighted by atomic mass is 10.2. The van der Waals surface area contributed by atoms with Gasteiger partial charge in [0.1, 0.15) is 6.61 Å². The fraction of sp³-hybridized carbons (Fsp3) is 0.600. The molecule has 1 fully saturated rings. The fourth-order valence-electron chi connectivity index (χ4n) is 1.18. The van der Waals surface area contributed by atoms with Crippen LogP contribution in [0.3, 0.4) is 0 Å². The van der Waals surface area contributed by atoms with Crippen LogP contribution >= 0.6 is 0 Å². The number of carbonyl (C=O) groups is 2. The van der Waals surface area contributed by atoms with Crippen molar-refractivity contribution in [1.29, 1.82) is 0 Å². The van der Waals surface area contributed by atoms with Crippen molar-refractivity contribution in [3.63, 3.8) is 0 Å². The van der Waals surface area contributed by atoms with Crippen LogP contribution in [0, 0.1) is 0 Å². The van der Waals surface area contributed by atoms with E-state index in [-0.39, 0.29) is 18.3 Å². The maximum Gasteiger partial charge on any atom is 0.414 e. The van der Waals surface area contributed by atoms with Gasteiger partial charge in [-0.1, -0.05) is 6.58 Å². The number of hydrogen-bond donors (Lipinski definition) is 1. The number of nitrogens with one attached hydrogen (secondary N) is 1. The number of hydrogen-bond acceptors (Lipinski definition) is 4. The predicted molar refractivity (Wildman–Crippen MR) is 53.3 cm³/mol. The van der Waals surface area contributed by atoms with Gasteiger partial charge >= 0.3 is 6.09 Å². The molecule has 0 aromatic carbocycles. The second-order valence-electron chi connectivity index (χ2n) is 3.47. The van der Waals surface area contributed by atoms with Gasteiger partial charge in [0.25, 0.3) is 5.91 Å². The maximum atomic E-state index is 11.1. The summed E-state index contributed by atoms with van der Waals surface area (Å²) in [6.07, 6.45) is 1.09. The Hall–Kier alpha value is -1.36. The van der Waals surface area contributed by atoms with E-state index >= 15 is 0 Å². The van der Waals surface area contributed by atoms with E-state index in [0.29, 0.717) is 6.61 Å². The molecule has 0 spiro atoms. The van der Waals surface area contributed by atoms with Crippen LogP contribution < -0.4 is 5.32 Å². The van der Waals surface area contributed by atoms with Crippen LogP contribution in [0.2, 0.25) is 0 Å². The lowest BCUT2D eigenvalue weighted by molar-refractivity contribution is -0.116. The SMILES string of the molecule is C=C(C)C(=O)NC(=O)OCC1CCCO1. The average Bonchev–Trinajstić information content (AvgIpc) is 2.66. The molecule has 84 valence electrons. The normalized spacial score (nSPS) is 19.7. The number of alkyl carbamates (subject to hydrolysis) is 1. The summed E-state index contributed by atoms with van der Waals surface area (Å²) in [7, 11) is 0. The van der Waals surface area contributed by atoms with Crippen LogP contribution in [0.25, 0.3) is 0 Å². The number of amides is 2. The molecule has 5 nitrogen and oxygen atoms in total. The zero-order chi connectivity index (χ0) is 11.3. The van der Waals surface area contributed by atoms with Crippen LogP contribution in [0.1, 0.15) is 19.8 Å². The van der Waals surface area contributed by atoms with Gasteiger partial charge in [-0.05, 0) is 19.8 Å². The lowest BCUT2D eigenvalue weighted by Crippen LogP contribution is -2.33. The second kappa shape index (κ2) is 5.50. The predicted octanol–water partition coefficient (Wildman–Crippen LogP) is 0.994. The Bertz CT molecular complexity index is 269. The molecule has 1 aliphatic rings. The largest absolute Gasteiger partial charge is 0.446 e. The van der Waals surface area contributed by atoms with Crippen molar-refractivity contribution in [3.05, 3.63) is 12.2 Å². The Labute approximate surface area is 88.4 Å². The van der Waals surface area contributed by atoms with Gasteiger partial charge in [-0.3, -0.25) is 10.1 Å². The second-order valence-corrected chi connectivity index (χ2v) is 3.47. The van der Waals surface area contributed by atoms with Gasteiger partial charge in [-0.15, -0.1) is 0 Å². The smallest absolute Gasteiger partial charge is 0.414 e. The van der Waals surface area contributed by atoms with Gasteiger partial charge in [0.15, 0.2) is 0 Å². The monoisotopic (exact) mass is 213 g/mol. The molecular formula is C10H15NO4. The summed E-state index contributed by atoms with van der Waals surface area (Å²) in [6, 6.07) is 0. The van der Waals surface area contributed by atoms with E-state index in [1.54, 1.807) is 0 Å². The van der Waals surface area contributed by atoms with E-state index in [2.05, 4.69) is 6.58 Å². The summed E-state index contributed by atoms with van der Waals surface area (Å²) in [4.78, 5) is 22.1. The molecule has 0 bridgehead atoms. The van der Waals surface area contributed by atoms with Gasteiger partial charge < -0.3 is 9.47 Å². The minimum absolute atomic E-state index is 0.0318. The first kappa shape index (κ1) is 11.7. The molecule has 1 aliphatic heterocycles. The Morgan fingerprint density at radius 3 is 2.87 bits per heavy atom.